The van der Waals surface area contributed by atoms with Gasteiger partial charge in [-0.05, 0) is 64.7 Å². The zero-order valence-corrected chi connectivity index (χ0v) is 19.6. The van der Waals surface area contributed by atoms with Crippen molar-refractivity contribution in [2.45, 2.75) is 32.3 Å². The molecule has 2 N–H and O–H groups in total. The molecule has 1 unspecified atom stereocenters. The van der Waals surface area contributed by atoms with E-state index in [9.17, 15) is 13.5 Å². The predicted molar refractivity (Wildman–Crippen MR) is 129 cm³/mol. The third-order valence-corrected chi connectivity index (χ3v) is 6.60. The molecule has 8 heteroatoms. The molecule has 0 aromatic heterocycles. The summed E-state index contributed by atoms with van der Waals surface area (Å²) in [5.74, 6) is 0.534. The predicted octanol–water partition coefficient (Wildman–Crippen LogP) is 4.51. The lowest BCUT2D eigenvalue weighted by Gasteiger charge is -2.18. The van der Waals surface area contributed by atoms with Crippen LogP contribution in [0.15, 0.2) is 54.6 Å². The molecule has 174 valence electrons. The Balaban J connectivity index is 1.90. The average Bonchev–Trinajstić information content (AvgIpc) is 2.81. The van der Waals surface area contributed by atoms with Gasteiger partial charge in [0.2, 0.25) is 10.0 Å². The van der Waals surface area contributed by atoms with Gasteiger partial charge in [-0.1, -0.05) is 31.5 Å². The lowest BCUT2D eigenvalue weighted by atomic mass is 9.97. The second kappa shape index (κ2) is 11.1. The van der Waals surface area contributed by atoms with Crippen LogP contribution in [0.4, 0.5) is 5.69 Å². The van der Waals surface area contributed by atoms with Crippen LogP contribution < -0.4 is 9.46 Å². The molecule has 0 heterocycles. The fourth-order valence-electron chi connectivity index (χ4n) is 3.48. The van der Waals surface area contributed by atoms with Gasteiger partial charge in [-0.15, -0.1) is 0 Å². The number of ether oxygens (including phenoxy) is 2. The zero-order valence-electron chi connectivity index (χ0n) is 18.7. The van der Waals surface area contributed by atoms with E-state index in [1.54, 1.807) is 30.3 Å². The monoisotopic (exact) mass is 468 g/mol. The van der Waals surface area contributed by atoms with Crippen LogP contribution in [0, 0.1) is 11.3 Å². The van der Waals surface area contributed by atoms with Crippen LogP contribution in [0.3, 0.4) is 0 Å². The Kier molecular flexibility index (Phi) is 8.28. The number of benzene rings is 3. The number of aliphatic hydroxyl groups excluding tert-OH is 1. The number of nitrogens with zero attached hydrogens (tertiary/aromatic N) is 1. The Morgan fingerprint density at radius 1 is 1.09 bits per heavy atom. The molecule has 33 heavy (non-hydrogen) atoms. The number of sulfonamides is 1. The van der Waals surface area contributed by atoms with Crippen LogP contribution in [0.25, 0.3) is 10.8 Å². The van der Waals surface area contributed by atoms with E-state index in [1.165, 1.54) is 7.11 Å². The Labute approximate surface area is 194 Å². The number of nitriles is 1. The molecule has 3 rings (SSSR count). The fourth-order valence-corrected chi connectivity index (χ4v) is 4.78. The van der Waals surface area contributed by atoms with E-state index in [2.05, 4.69) is 10.8 Å². The van der Waals surface area contributed by atoms with Crippen LogP contribution in [-0.4, -0.2) is 33.2 Å². The second-order valence-electron chi connectivity index (χ2n) is 7.80. The van der Waals surface area contributed by atoms with Crippen molar-refractivity contribution in [3.8, 4) is 11.8 Å². The Morgan fingerprint density at radius 3 is 2.61 bits per heavy atom. The van der Waals surface area contributed by atoms with Gasteiger partial charge in [0.05, 0.1) is 29.2 Å². The highest BCUT2D eigenvalue weighted by atomic mass is 32.2. The van der Waals surface area contributed by atoms with Crippen molar-refractivity contribution in [1.29, 1.82) is 5.26 Å². The lowest BCUT2D eigenvalue weighted by molar-refractivity contribution is 0.0510. The number of hydrogen-bond donors (Lipinski definition) is 2. The van der Waals surface area contributed by atoms with E-state index >= 15 is 0 Å². The molecule has 3 aromatic carbocycles. The molecular weight excluding hydrogens is 440 g/mol. The fraction of sp³-hybridized carbons (Fsp3) is 0.320. The first-order valence-electron chi connectivity index (χ1n) is 10.7. The third kappa shape index (κ3) is 6.68. The normalized spacial score (nSPS) is 12.3. The van der Waals surface area contributed by atoms with Gasteiger partial charge in [-0.2, -0.15) is 5.26 Å². The van der Waals surface area contributed by atoms with Crippen molar-refractivity contribution in [2.75, 3.05) is 24.4 Å². The number of nitrogens with one attached hydrogen (secondary N) is 1. The Hall–Kier alpha value is -3.12. The first-order chi connectivity index (χ1) is 15.8. The largest absolute Gasteiger partial charge is 0.468 e. The van der Waals surface area contributed by atoms with Gasteiger partial charge < -0.3 is 14.6 Å². The first kappa shape index (κ1) is 24.5. The van der Waals surface area contributed by atoms with Crippen LogP contribution in [0.5, 0.6) is 5.75 Å². The summed E-state index contributed by atoms with van der Waals surface area (Å²) < 4.78 is 38.1. The van der Waals surface area contributed by atoms with E-state index in [0.717, 1.165) is 17.2 Å². The van der Waals surface area contributed by atoms with E-state index in [-0.39, 0.29) is 19.0 Å². The highest BCUT2D eigenvalue weighted by Gasteiger charge is 2.17. The minimum absolute atomic E-state index is 0.0271. The highest BCUT2D eigenvalue weighted by Crippen LogP contribution is 2.30. The SMILES string of the molecule is CCCCS(=O)(=O)Nc1ccc(OCOC)cc1CC(O)c1ccc2ccc(C#N)cc2c1. The maximum absolute atomic E-state index is 12.5. The maximum atomic E-state index is 12.5. The summed E-state index contributed by atoms with van der Waals surface area (Å²) in [5.41, 5.74) is 2.21. The summed E-state index contributed by atoms with van der Waals surface area (Å²) in [7, 11) is -2.00. The number of fused-ring (bicyclic) bond motifs is 1. The van der Waals surface area contributed by atoms with Crippen LogP contribution in [0.2, 0.25) is 0 Å². The Bertz CT molecular complexity index is 1250. The van der Waals surface area contributed by atoms with Gasteiger partial charge in [0, 0.05) is 13.5 Å². The summed E-state index contributed by atoms with van der Waals surface area (Å²) in [6, 6.07) is 18.1. The second-order valence-corrected chi connectivity index (χ2v) is 9.64. The van der Waals surface area contributed by atoms with Crippen LogP contribution >= 0.6 is 0 Å². The van der Waals surface area contributed by atoms with Gasteiger partial charge in [-0.3, -0.25) is 4.72 Å². The molecule has 0 saturated carbocycles. The van der Waals surface area contributed by atoms with Crippen LogP contribution in [0.1, 0.15) is 42.6 Å². The maximum Gasteiger partial charge on any atom is 0.232 e. The quantitative estimate of drug-likeness (QED) is 0.401. The van der Waals surface area contributed by atoms with Crippen molar-refractivity contribution in [2.24, 2.45) is 0 Å². The van der Waals surface area contributed by atoms with Gasteiger partial charge in [-0.25, -0.2) is 8.42 Å². The topological polar surface area (TPSA) is 109 Å². The molecular formula is C25H28N2O5S. The van der Waals surface area contributed by atoms with Crippen LogP contribution in [-0.2, 0) is 21.2 Å². The number of aliphatic hydroxyl groups is 1. The molecule has 0 fully saturated rings. The molecule has 0 aliphatic carbocycles. The van der Waals surface area contributed by atoms with Gasteiger partial charge >= 0.3 is 0 Å². The van der Waals surface area contributed by atoms with Gasteiger partial charge in [0.1, 0.15) is 5.75 Å². The summed E-state index contributed by atoms with van der Waals surface area (Å²) in [6.07, 6.45) is 0.603. The molecule has 0 bridgehead atoms. The molecule has 0 aliphatic heterocycles. The van der Waals surface area contributed by atoms with E-state index in [0.29, 0.717) is 34.5 Å². The number of anilines is 1. The van der Waals surface area contributed by atoms with E-state index in [4.69, 9.17) is 14.7 Å². The van der Waals surface area contributed by atoms with Crippen molar-refractivity contribution >= 4 is 26.5 Å². The van der Waals surface area contributed by atoms with E-state index in [1.807, 2.05) is 31.2 Å². The number of unbranched alkanes of at least 4 members (excludes halogenated alkanes) is 1. The molecule has 1 atom stereocenters. The van der Waals surface area contributed by atoms with Gasteiger partial charge in [0.15, 0.2) is 6.79 Å². The van der Waals surface area contributed by atoms with E-state index < -0.39 is 16.1 Å². The highest BCUT2D eigenvalue weighted by molar-refractivity contribution is 7.92. The molecule has 7 nitrogen and oxygen atoms in total. The molecule has 0 radical (unpaired) electrons. The average molecular weight is 469 g/mol. The summed E-state index contributed by atoms with van der Waals surface area (Å²) in [5, 5.41) is 22.0. The standard InChI is InChI=1S/C25H28N2O5S/c1-3-4-11-33(29,30)27-24-10-9-23(32-17-31-2)14-22(24)15-25(28)20-8-7-19-6-5-18(16-26)12-21(19)13-20/h5-10,12-14,25,27-28H,3-4,11,15,17H2,1-2H3. The first-order valence-corrected chi connectivity index (χ1v) is 12.4. The smallest absolute Gasteiger partial charge is 0.232 e. The summed E-state index contributed by atoms with van der Waals surface area (Å²) in [4.78, 5) is 0. The molecule has 0 spiro atoms. The lowest BCUT2D eigenvalue weighted by Crippen LogP contribution is -2.18. The van der Waals surface area contributed by atoms with Crippen molar-refractivity contribution < 1.29 is 23.0 Å². The molecule has 0 saturated heterocycles. The molecule has 0 aliphatic rings. The molecule has 3 aromatic rings. The van der Waals surface area contributed by atoms with Crippen molar-refractivity contribution in [3.05, 3.63) is 71.3 Å². The summed E-state index contributed by atoms with van der Waals surface area (Å²) >= 11 is 0. The van der Waals surface area contributed by atoms with Gasteiger partial charge in [0.25, 0.3) is 0 Å². The minimum atomic E-state index is -3.51. The Morgan fingerprint density at radius 2 is 1.88 bits per heavy atom. The number of rotatable bonds is 11. The summed E-state index contributed by atoms with van der Waals surface area (Å²) in [6.45, 7) is 1.98. The molecule has 0 amide bonds. The third-order valence-electron chi connectivity index (χ3n) is 5.24. The number of hydrogen-bond acceptors (Lipinski definition) is 6. The minimum Gasteiger partial charge on any atom is -0.468 e. The number of methoxy groups -OCH3 is 1. The van der Waals surface area contributed by atoms with Crippen molar-refractivity contribution in [3.63, 3.8) is 0 Å². The van der Waals surface area contributed by atoms with Crippen molar-refractivity contribution in [1.82, 2.24) is 0 Å². The zero-order chi connectivity index (χ0) is 23.8.